The fourth-order valence-electron chi connectivity index (χ4n) is 2.53. The molecule has 0 radical (unpaired) electrons. The van der Waals surface area contributed by atoms with Crippen molar-refractivity contribution in [2.24, 2.45) is 0 Å². The van der Waals surface area contributed by atoms with Gasteiger partial charge in [-0.2, -0.15) is 10.1 Å². The van der Waals surface area contributed by atoms with Crippen molar-refractivity contribution in [3.8, 4) is 11.1 Å². The molecule has 0 spiro atoms. The van der Waals surface area contributed by atoms with Gasteiger partial charge in [0.25, 0.3) is 0 Å². The molecule has 2 N–H and O–H groups in total. The van der Waals surface area contributed by atoms with Crippen LogP contribution in [-0.2, 0) is 0 Å². The fourth-order valence-corrected chi connectivity index (χ4v) is 2.53. The molecule has 0 aliphatic carbocycles. The number of hydrogen-bond acceptors (Lipinski definition) is 5. The predicted octanol–water partition coefficient (Wildman–Crippen LogP) is 3.29. The van der Waals surface area contributed by atoms with Crippen LogP contribution in [-0.4, -0.2) is 34.3 Å². The second-order valence-corrected chi connectivity index (χ2v) is 5.66. The average molecular weight is 308 g/mol. The number of anilines is 3. The number of hydrogen-bond donors (Lipinski definition) is 2. The summed E-state index contributed by atoms with van der Waals surface area (Å²) in [4.78, 5) is 10.9. The van der Waals surface area contributed by atoms with E-state index in [-0.39, 0.29) is 0 Å². The van der Waals surface area contributed by atoms with Crippen molar-refractivity contribution in [1.29, 1.82) is 0 Å². The van der Waals surface area contributed by atoms with Crippen LogP contribution in [0.2, 0.25) is 0 Å². The van der Waals surface area contributed by atoms with E-state index in [9.17, 15) is 0 Å². The second kappa shape index (κ2) is 6.08. The molecule has 0 atom stereocenters. The predicted molar refractivity (Wildman–Crippen MR) is 93.1 cm³/mol. The summed E-state index contributed by atoms with van der Waals surface area (Å²) >= 11 is 0. The Hall–Kier alpha value is -2.89. The van der Waals surface area contributed by atoms with Crippen LogP contribution in [0.3, 0.4) is 0 Å². The first-order chi connectivity index (χ1) is 11.1. The van der Waals surface area contributed by atoms with Crippen LogP contribution in [0.1, 0.15) is 11.3 Å². The minimum absolute atomic E-state index is 0.531. The maximum Gasteiger partial charge on any atom is 0.230 e. The number of rotatable bonds is 4. The van der Waals surface area contributed by atoms with Gasteiger partial charge >= 0.3 is 0 Å². The zero-order valence-corrected chi connectivity index (χ0v) is 13.8. The van der Waals surface area contributed by atoms with E-state index in [4.69, 9.17) is 0 Å². The molecule has 0 aliphatic heterocycles. The Morgan fingerprint density at radius 1 is 1.09 bits per heavy atom. The van der Waals surface area contributed by atoms with Crippen molar-refractivity contribution in [2.75, 3.05) is 24.3 Å². The van der Waals surface area contributed by atoms with Crippen molar-refractivity contribution in [2.45, 2.75) is 13.8 Å². The lowest BCUT2D eigenvalue weighted by atomic mass is 10.1. The highest BCUT2D eigenvalue weighted by atomic mass is 15.3. The van der Waals surface area contributed by atoms with Crippen LogP contribution in [0.5, 0.6) is 0 Å². The molecule has 2 heterocycles. The topological polar surface area (TPSA) is 69.7 Å². The van der Waals surface area contributed by atoms with Gasteiger partial charge in [-0.25, -0.2) is 4.98 Å². The summed E-state index contributed by atoms with van der Waals surface area (Å²) in [6.07, 6.45) is 1.81. The zero-order chi connectivity index (χ0) is 16.4. The highest BCUT2D eigenvalue weighted by Gasteiger charge is 2.14. The minimum atomic E-state index is 0.531. The SMILES string of the molecule is Cc1cnc(Nc2n[nH]c(C)c2-c2ccccc2)nc1N(C)C. The third-order valence-electron chi connectivity index (χ3n) is 3.61. The Balaban J connectivity index is 1.98. The highest BCUT2D eigenvalue weighted by Crippen LogP contribution is 2.30. The van der Waals surface area contributed by atoms with E-state index in [0.29, 0.717) is 5.95 Å². The third-order valence-corrected chi connectivity index (χ3v) is 3.61. The Morgan fingerprint density at radius 2 is 1.83 bits per heavy atom. The Kier molecular flexibility index (Phi) is 3.97. The number of aromatic amines is 1. The molecular formula is C17H20N6. The largest absolute Gasteiger partial charge is 0.362 e. The molecule has 0 amide bonds. The van der Waals surface area contributed by atoms with E-state index in [1.807, 2.05) is 57.2 Å². The van der Waals surface area contributed by atoms with Crippen molar-refractivity contribution in [3.05, 3.63) is 47.8 Å². The molecule has 6 heteroatoms. The maximum atomic E-state index is 4.56. The van der Waals surface area contributed by atoms with E-state index in [1.54, 1.807) is 0 Å². The normalized spacial score (nSPS) is 10.6. The number of aryl methyl sites for hydroxylation is 2. The quantitative estimate of drug-likeness (QED) is 0.774. The second-order valence-electron chi connectivity index (χ2n) is 5.66. The summed E-state index contributed by atoms with van der Waals surface area (Å²) in [5.41, 5.74) is 4.16. The summed E-state index contributed by atoms with van der Waals surface area (Å²) in [5, 5.41) is 10.6. The number of nitrogens with one attached hydrogen (secondary N) is 2. The lowest BCUT2D eigenvalue weighted by Crippen LogP contribution is -2.13. The minimum Gasteiger partial charge on any atom is -0.362 e. The molecule has 23 heavy (non-hydrogen) atoms. The highest BCUT2D eigenvalue weighted by molar-refractivity contribution is 5.79. The molecule has 1 aromatic carbocycles. The monoisotopic (exact) mass is 308 g/mol. The van der Waals surface area contributed by atoms with Gasteiger partial charge in [0.15, 0.2) is 5.82 Å². The van der Waals surface area contributed by atoms with E-state index < -0.39 is 0 Å². The Morgan fingerprint density at radius 3 is 2.52 bits per heavy atom. The van der Waals surface area contributed by atoms with Gasteiger partial charge in [-0.1, -0.05) is 30.3 Å². The van der Waals surface area contributed by atoms with Gasteiger partial charge in [-0.15, -0.1) is 0 Å². The molecule has 0 saturated heterocycles. The molecule has 6 nitrogen and oxygen atoms in total. The van der Waals surface area contributed by atoms with Crippen LogP contribution in [0.25, 0.3) is 11.1 Å². The average Bonchev–Trinajstić information content (AvgIpc) is 2.90. The molecular weight excluding hydrogens is 288 g/mol. The Bertz CT molecular complexity index is 807. The van der Waals surface area contributed by atoms with Gasteiger partial charge in [0.1, 0.15) is 5.82 Å². The third kappa shape index (κ3) is 3.01. The molecule has 0 bridgehead atoms. The summed E-state index contributed by atoms with van der Waals surface area (Å²) in [6, 6.07) is 10.1. The Labute approximate surface area is 135 Å². The van der Waals surface area contributed by atoms with Crippen LogP contribution >= 0.6 is 0 Å². The van der Waals surface area contributed by atoms with Gasteiger partial charge in [0.2, 0.25) is 5.95 Å². The van der Waals surface area contributed by atoms with E-state index in [2.05, 4.69) is 37.6 Å². The van der Waals surface area contributed by atoms with Crippen molar-refractivity contribution >= 4 is 17.6 Å². The maximum absolute atomic E-state index is 4.56. The van der Waals surface area contributed by atoms with Crippen LogP contribution in [0, 0.1) is 13.8 Å². The van der Waals surface area contributed by atoms with Gasteiger partial charge in [0, 0.05) is 37.1 Å². The first kappa shape index (κ1) is 15.0. The zero-order valence-electron chi connectivity index (χ0n) is 13.8. The van der Waals surface area contributed by atoms with Gasteiger partial charge < -0.3 is 10.2 Å². The lowest BCUT2D eigenvalue weighted by molar-refractivity contribution is 1.01. The van der Waals surface area contributed by atoms with Gasteiger partial charge in [0.05, 0.1) is 0 Å². The van der Waals surface area contributed by atoms with Gasteiger partial charge in [-0.05, 0) is 19.4 Å². The first-order valence-electron chi connectivity index (χ1n) is 7.44. The van der Waals surface area contributed by atoms with Gasteiger partial charge in [-0.3, -0.25) is 5.10 Å². The van der Waals surface area contributed by atoms with Crippen molar-refractivity contribution < 1.29 is 0 Å². The van der Waals surface area contributed by atoms with E-state index in [1.165, 1.54) is 0 Å². The molecule has 0 saturated carbocycles. The molecule has 0 unspecified atom stereocenters. The molecule has 118 valence electrons. The molecule has 2 aromatic heterocycles. The molecule has 3 rings (SSSR count). The van der Waals surface area contributed by atoms with Crippen LogP contribution < -0.4 is 10.2 Å². The van der Waals surface area contributed by atoms with Crippen molar-refractivity contribution in [3.63, 3.8) is 0 Å². The molecule has 0 fully saturated rings. The summed E-state index contributed by atoms with van der Waals surface area (Å²) in [7, 11) is 3.93. The summed E-state index contributed by atoms with van der Waals surface area (Å²) in [6.45, 7) is 4.00. The fraction of sp³-hybridized carbons (Fsp3) is 0.235. The number of benzene rings is 1. The number of nitrogens with zero attached hydrogens (tertiary/aromatic N) is 4. The first-order valence-corrected chi connectivity index (χ1v) is 7.44. The molecule has 3 aromatic rings. The smallest absolute Gasteiger partial charge is 0.230 e. The summed E-state index contributed by atoms with van der Waals surface area (Å²) < 4.78 is 0. The number of H-pyrrole nitrogens is 1. The van der Waals surface area contributed by atoms with E-state index >= 15 is 0 Å². The molecule has 0 aliphatic rings. The van der Waals surface area contributed by atoms with Crippen LogP contribution in [0.15, 0.2) is 36.5 Å². The van der Waals surface area contributed by atoms with Crippen LogP contribution in [0.4, 0.5) is 17.6 Å². The lowest BCUT2D eigenvalue weighted by Gasteiger charge is -2.15. The summed E-state index contributed by atoms with van der Waals surface area (Å²) in [5.74, 6) is 2.14. The van der Waals surface area contributed by atoms with E-state index in [0.717, 1.165) is 34.0 Å². The number of aromatic nitrogens is 4. The standard InChI is InChI=1S/C17H20N6/c1-11-10-18-17(20-16(11)23(3)4)19-15-14(12(2)21-22-15)13-8-6-5-7-9-13/h5-10H,1-4H3,(H2,18,19,20,21,22). The van der Waals surface area contributed by atoms with Crippen molar-refractivity contribution in [1.82, 2.24) is 20.2 Å².